The Balaban J connectivity index is 1.88. The van der Waals surface area contributed by atoms with Crippen molar-refractivity contribution in [3.8, 4) is 0 Å². The molecule has 1 fully saturated rings. The van der Waals surface area contributed by atoms with Gasteiger partial charge in [-0.25, -0.2) is 4.39 Å². The number of halogens is 1. The number of piperidine rings is 1. The van der Waals surface area contributed by atoms with Crippen LogP contribution in [0.3, 0.4) is 0 Å². The van der Waals surface area contributed by atoms with Gasteiger partial charge in [-0.3, -0.25) is 9.69 Å². The maximum atomic E-state index is 13.0. The Kier molecular flexibility index (Phi) is 5.95. The molecule has 1 aliphatic rings. The Morgan fingerprint density at radius 3 is 2.64 bits per heavy atom. The smallest absolute Gasteiger partial charge is 0.224 e. The van der Waals surface area contributed by atoms with Gasteiger partial charge in [0.05, 0.1) is 5.92 Å². The van der Waals surface area contributed by atoms with E-state index in [4.69, 9.17) is 0 Å². The fourth-order valence-corrected chi connectivity index (χ4v) is 2.77. The van der Waals surface area contributed by atoms with Crippen molar-refractivity contribution in [1.82, 2.24) is 10.2 Å². The highest BCUT2D eigenvalue weighted by atomic mass is 19.1. The predicted octanol–water partition coefficient (Wildman–Crippen LogP) is 3.20. The van der Waals surface area contributed by atoms with Crippen LogP contribution in [0.4, 0.5) is 4.39 Å². The molecular formula is C18H27FN2O. The molecule has 0 bridgehead atoms. The summed E-state index contributed by atoms with van der Waals surface area (Å²) in [4.78, 5) is 14.7. The molecule has 1 aromatic carbocycles. The monoisotopic (exact) mass is 306 g/mol. The zero-order chi connectivity index (χ0) is 16.1. The number of hydrogen-bond acceptors (Lipinski definition) is 2. The van der Waals surface area contributed by atoms with Crippen molar-refractivity contribution in [3.05, 3.63) is 35.6 Å². The van der Waals surface area contributed by atoms with E-state index in [9.17, 15) is 9.18 Å². The zero-order valence-electron chi connectivity index (χ0n) is 13.8. The summed E-state index contributed by atoms with van der Waals surface area (Å²) < 4.78 is 13.0. The van der Waals surface area contributed by atoms with Gasteiger partial charge in [-0.2, -0.15) is 0 Å². The minimum absolute atomic E-state index is 0.0652. The van der Waals surface area contributed by atoms with Crippen molar-refractivity contribution < 1.29 is 9.18 Å². The topological polar surface area (TPSA) is 32.3 Å². The highest BCUT2D eigenvalue weighted by Crippen LogP contribution is 2.19. The molecule has 0 aromatic heterocycles. The van der Waals surface area contributed by atoms with Crippen LogP contribution < -0.4 is 5.32 Å². The average Bonchev–Trinajstić information content (AvgIpc) is 2.49. The summed E-state index contributed by atoms with van der Waals surface area (Å²) >= 11 is 0. The van der Waals surface area contributed by atoms with Crippen molar-refractivity contribution >= 4 is 5.91 Å². The van der Waals surface area contributed by atoms with Crippen molar-refractivity contribution in [3.63, 3.8) is 0 Å². The lowest BCUT2D eigenvalue weighted by Gasteiger charge is -2.33. The summed E-state index contributed by atoms with van der Waals surface area (Å²) in [6, 6.07) is 6.83. The molecule has 2 atom stereocenters. The molecule has 22 heavy (non-hydrogen) atoms. The van der Waals surface area contributed by atoms with E-state index in [1.807, 2.05) is 12.1 Å². The number of nitrogens with one attached hydrogen (secondary N) is 1. The SMILES string of the molecule is CC(C)C(C)NC(=O)C1CCCN(Cc2ccc(F)cc2)C1. The molecule has 1 aliphatic heterocycles. The Morgan fingerprint density at radius 2 is 2.00 bits per heavy atom. The van der Waals surface area contributed by atoms with E-state index >= 15 is 0 Å². The highest BCUT2D eigenvalue weighted by Gasteiger charge is 2.26. The molecule has 0 saturated carbocycles. The molecule has 3 nitrogen and oxygen atoms in total. The summed E-state index contributed by atoms with van der Waals surface area (Å²) in [5.41, 5.74) is 1.10. The van der Waals surface area contributed by atoms with Crippen LogP contribution in [0.5, 0.6) is 0 Å². The van der Waals surface area contributed by atoms with E-state index in [1.54, 1.807) is 0 Å². The van der Waals surface area contributed by atoms with Crippen molar-refractivity contribution in [1.29, 1.82) is 0 Å². The molecule has 1 heterocycles. The van der Waals surface area contributed by atoms with E-state index in [-0.39, 0.29) is 23.7 Å². The number of likely N-dealkylation sites (tertiary alicyclic amines) is 1. The maximum Gasteiger partial charge on any atom is 0.224 e. The van der Waals surface area contributed by atoms with E-state index in [1.165, 1.54) is 12.1 Å². The van der Waals surface area contributed by atoms with Gasteiger partial charge in [-0.15, -0.1) is 0 Å². The minimum Gasteiger partial charge on any atom is -0.353 e. The van der Waals surface area contributed by atoms with Gasteiger partial charge in [0.15, 0.2) is 0 Å². The summed E-state index contributed by atoms with van der Waals surface area (Å²) in [5, 5.41) is 3.13. The van der Waals surface area contributed by atoms with E-state index in [0.717, 1.165) is 38.0 Å². The number of rotatable bonds is 5. The van der Waals surface area contributed by atoms with Gasteiger partial charge < -0.3 is 5.32 Å². The largest absolute Gasteiger partial charge is 0.353 e. The fourth-order valence-electron chi connectivity index (χ4n) is 2.77. The molecular weight excluding hydrogens is 279 g/mol. The quantitative estimate of drug-likeness (QED) is 0.906. The molecule has 1 amide bonds. The summed E-state index contributed by atoms with van der Waals surface area (Å²) in [6.07, 6.45) is 1.99. The van der Waals surface area contributed by atoms with E-state index in [0.29, 0.717) is 5.92 Å². The maximum absolute atomic E-state index is 13.0. The van der Waals surface area contributed by atoms with Gasteiger partial charge in [0.2, 0.25) is 5.91 Å². The second-order valence-corrected chi connectivity index (χ2v) is 6.74. The van der Waals surface area contributed by atoms with Gasteiger partial charge in [-0.1, -0.05) is 26.0 Å². The molecule has 2 rings (SSSR count). The first-order valence-corrected chi connectivity index (χ1v) is 8.23. The first-order valence-electron chi connectivity index (χ1n) is 8.23. The number of amides is 1. The minimum atomic E-state index is -0.206. The van der Waals surface area contributed by atoms with E-state index in [2.05, 4.69) is 31.0 Å². The Hall–Kier alpha value is -1.42. The average molecular weight is 306 g/mol. The lowest BCUT2D eigenvalue weighted by atomic mass is 9.95. The zero-order valence-corrected chi connectivity index (χ0v) is 13.8. The molecule has 0 radical (unpaired) electrons. The second-order valence-electron chi connectivity index (χ2n) is 6.74. The number of benzene rings is 1. The first kappa shape index (κ1) is 16.9. The summed E-state index contributed by atoms with van der Waals surface area (Å²) in [5.74, 6) is 0.477. The van der Waals surface area contributed by atoms with Crippen LogP contribution in [0.2, 0.25) is 0 Å². The fraction of sp³-hybridized carbons (Fsp3) is 0.611. The third kappa shape index (κ3) is 4.80. The molecule has 122 valence electrons. The summed E-state index contributed by atoms with van der Waals surface area (Å²) in [7, 11) is 0. The van der Waals surface area contributed by atoms with Crippen LogP contribution in [0.25, 0.3) is 0 Å². The third-order valence-electron chi connectivity index (χ3n) is 4.57. The van der Waals surface area contributed by atoms with Crippen molar-refractivity contribution in [2.24, 2.45) is 11.8 Å². The van der Waals surface area contributed by atoms with Gasteiger partial charge in [-0.05, 0) is 49.9 Å². The van der Waals surface area contributed by atoms with Crippen LogP contribution in [-0.2, 0) is 11.3 Å². The number of nitrogens with zero attached hydrogens (tertiary/aromatic N) is 1. The van der Waals surface area contributed by atoms with Gasteiger partial charge in [0.1, 0.15) is 5.82 Å². The Bertz CT molecular complexity index is 486. The molecule has 0 aliphatic carbocycles. The summed E-state index contributed by atoms with van der Waals surface area (Å²) in [6.45, 7) is 8.86. The van der Waals surface area contributed by atoms with Crippen LogP contribution in [0.15, 0.2) is 24.3 Å². The van der Waals surface area contributed by atoms with Crippen molar-refractivity contribution in [2.75, 3.05) is 13.1 Å². The first-order chi connectivity index (χ1) is 10.5. The van der Waals surface area contributed by atoms with Crippen LogP contribution in [-0.4, -0.2) is 29.9 Å². The predicted molar refractivity (Wildman–Crippen MR) is 86.8 cm³/mol. The number of carbonyl (C=O) groups excluding carboxylic acids is 1. The normalized spacial score (nSPS) is 20.9. The lowest BCUT2D eigenvalue weighted by molar-refractivity contribution is -0.127. The molecule has 1 N–H and O–H groups in total. The molecule has 4 heteroatoms. The lowest BCUT2D eigenvalue weighted by Crippen LogP contribution is -2.46. The standard InChI is InChI=1S/C18H27FN2O/c1-13(2)14(3)20-18(22)16-5-4-10-21(12-16)11-15-6-8-17(19)9-7-15/h6-9,13-14,16H,4-5,10-12H2,1-3H3,(H,20,22). The van der Waals surface area contributed by atoms with Gasteiger partial charge >= 0.3 is 0 Å². The van der Waals surface area contributed by atoms with Crippen LogP contribution >= 0.6 is 0 Å². The Labute approximate surface area is 132 Å². The van der Waals surface area contributed by atoms with Crippen molar-refractivity contribution in [2.45, 2.75) is 46.2 Å². The molecule has 2 unspecified atom stereocenters. The second kappa shape index (κ2) is 7.73. The van der Waals surface area contributed by atoms with Crippen LogP contribution in [0, 0.1) is 17.7 Å². The van der Waals surface area contributed by atoms with Gasteiger partial charge in [0, 0.05) is 19.1 Å². The van der Waals surface area contributed by atoms with Crippen LogP contribution in [0.1, 0.15) is 39.2 Å². The van der Waals surface area contributed by atoms with Gasteiger partial charge in [0.25, 0.3) is 0 Å². The highest BCUT2D eigenvalue weighted by molar-refractivity contribution is 5.79. The Morgan fingerprint density at radius 1 is 1.32 bits per heavy atom. The third-order valence-corrected chi connectivity index (χ3v) is 4.57. The number of carbonyl (C=O) groups is 1. The molecule has 0 spiro atoms. The van der Waals surface area contributed by atoms with E-state index < -0.39 is 0 Å². The molecule has 1 saturated heterocycles. The number of hydrogen-bond donors (Lipinski definition) is 1. The molecule has 1 aromatic rings.